The summed E-state index contributed by atoms with van der Waals surface area (Å²) in [4.78, 5) is 8.42. The van der Waals surface area contributed by atoms with E-state index in [0.29, 0.717) is 18.8 Å². The predicted molar refractivity (Wildman–Crippen MR) is 78.7 cm³/mol. The Balaban J connectivity index is 2.60. The molecular weight excluding hydrogens is 281 g/mol. The van der Waals surface area contributed by atoms with E-state index in [0.717, 1.165) is 17.9 Å². The number of rotatable bonds is 8. The van der Waals surface area contributed by atoms with Gasteiger partial charge in [0.1, 0.15) is 18.0 Å². The van der Waals surface area contributed by atoms with Gasteiger partial charge in [0.15, 0.2) is 0 Å². The van der Waals surface area contributed by atoms with Crippen molar-refractivity contribution < 1.29 is 13.2 Å². The first-order valence-electron chi connectivity index (χ1n) is 7.24. The number of aromatic nitrogens is 2. The number of hydrogen-bond acceptors (Lipinski definition) is 4. The molecule has 1 heterocycles. The fourth-order valence-electron chi connectivity index (χ4n) is 2.05. The molecule has 7 heteroatoms. The van der Waals surface area contributed by atoms with E-state index >= 15 is 0 Å². The molecule has 0 aliphatic heterocycles. The van der Waals surface area contributed by atoms with Crippen LogP contribution < -0.4 is 10.6 Å². The third kappa shape index (κ3) is 6.18. The molecule has 21 heavy (non-hydrogen) atoms. The Bertz CT molecular complexity index is 433. The van der Waals surface area contributed by atoms with Gasteiger partial charge in [0.05, 0.1) is 0 Å². The SMILES string of the molecule is CCNc1ncnc(NCCCCC(F)(F)F)c1C(C)C. The zero-order valence-electron chi connectivity index (χ0n) is 12.7. The minimum atomic E-state index is -4.07. The van der Waals surface area contributed by atoms with Crippen LogP contribution in [0.25, 0.3) is 0 Å². The van der Waals surface area contributed by atoms with E-state index in [4.69, 9.17) is 0 Å². The number of hydrogen-bond donors (Lipinski definition) is 2. The molecule has 0 fully saturated rings. The van der Waals surface area contributed by atoms with Crippen LogP contribution in [0.15, 0.2) is 6.33 Å². The van der Waals surface area contributed by atoms with Gasteiger partial charge in [-0.15, -0.1) is 0 Å². The van der Waals surface area contributed by atoms with Crippen LogP contribution in [0.3, 0.4) is 0 Å². The maximum absolute atomic E-state index is 12.1. The Kier molecular flexibility index (Phi) is 6.71. The van der Waals surface area contributed by atoms with Crippen LogP contribution in [0.2, 0.25) is 0 Å². The van der Waals surface area contributed by atoms with Crippen molar-refractivity contribution in [1.82, 2.24) is 9.97 Å². The van der Waals surface area contributed by atoms with E-state index in [9.17, 15) is 13.2 Å². The number of alkyl halides is 3. The Hall–Kier alpha value is -1.53. The lowest BCUT2D eigenvalue weighted by Gasteiger charge is -2.17. The van der Waals surface area contributed by atoms with E-state index in [1.54, 1.807) is 0 Å². The molecule has 4 nitrogen and oxygen atoms in total. The molecule has 0 unspecified atom stereocenters. The predicted octanol–water partition coefficient (Wildman–Crippen LogP) is 4.18. The van der Waals surface area contributed by atoms with E-state index in [1.165, 1.54) is 6.33 Å². The first-order chi connectivity index (χ1) is 9.85. The zero-order chi connectivity index (χ0) is 15.9. The molecule has 1 aromatic heterocycles. The Morgan fingerprint density at radius 3 is 2.24 bits per heavy atom. The average Bonchev–Trinajstić information content (AvgIpc) is 2.37. The van der Waals surface area contributed by atoms with Crippen molar-refractivity contribution in [2.45, 2.75) is 52.1 Å². The highest BCUT2D eigenvalue weighted by Crippen LogP contribution is 2.28. The summed E-state index contributed by atoms with van der Waals surface area (Å²) in [5.41, 5.74) is 0.968. The standard InChI is InChI=1S/C14H23F3N4/c1-4-18-12-11(10(2)3)13(21-9-20-12)19-8-6-5-7-14(15,16)17/h9-10H,4-8H2,1-3H3,(H2,18,19,20,21). The maximum atomic E-state index is 12.1. The lowest BCUT2D eigenvalue weighted by Crippen LogP contribution is -2.13. The van der Waals surface area contributed by atoms with Gasteiger partial charge in [-0.2, -0.15) is 13.2 Å². The van der Waals surface area contributed by atoms with Crippen LogP contribution in [0, 0.1) is 0 Å². The van der Waals surface area contributed by atoms with Crippen molar-refractivity contribution >= 4 is 11.6 Å². The minimum Gasteiger partial charge on any atom is -0.370 e. The fraction of sp³-hybridized carbons (Fsp3) is 0.714. The van der Waals surface area contributed by atoms with Crippen molar-refractivity contribution in [3.05, 3.63) is 11.9 Å². The number of nitrogens with zero attached hydrogens (tertiary/aromatic N) is 2. The van der Waals surface area contributed by atoms with E-state index < -0.39 is 12.6 Å². The normalized spacial score (nSPS) is 11.8. The molecule has 2 N–H and O–H groups in total. The van der Waals surface area contributed by atoms with Gasteiger partial charge in [0.2, 0.25) is 0 Å². The van der Waals surface area contributed by atoms with Crippen LogP contribution in [0.1, 0.15) is 51.5 Å². The second-order valence-corrected chi connectivity index (χ2v) is 5.17. The van der Waals surface area contributed by atoms with Crippen molar-refractivity contribution in [2.24, 2.45) is 0 Å². The van der Waals surface area contributed by atoms with Crippen molar-refractivity contribution in [2.75, 3.05) is 23.7 Å². The van der Waals surface area contributed by atoms with Crippen molar-refractivity contribution in [3.8, 4) is 0 Å². The summed E-state index contributed by atoms with van der Waals surface area (Å²) in [7, 11) is 0. The molecule has 0 amide bonds. The Labute approximate surface area is 123 Å². The van der Waals surface area contributed by atoms with Crippen LogP contribution >= 0.6 is 0 Å². The highest BCUT2D eigenvalue weighted by atomic mass is 19.4. The van der Waals surface area contributed by atoms with Crippen molar-refractivity contribution in [3.63, 3.8) is 0 Å². The van der Waals surface area contributed by atoms with Gasteiger partial charge in [-0.1, -0.05) is 13.8 Å². The molecule has 1 rings (SSSR count). The summed E-state index contributed by atoms with van der Waals surface area (Å²) in [5, 5.41) is 6.30. The number of anilines is 2. The summed E-state index contributed by atoms with van der Waals surface area (Å²) in [6.07, 6.45) is -2.77. The summed E-state index contributed by atoms with van der Waals surface area (Å²) in [6.45, 7) is 7.28. The molecule has 0 atom stereocenters. The molecule has 0 aromatic carbocycles. The summed E-state index contributed by atoms with van der Waals surface area (Å²) < 4.78 is 36.2. The smallest absolute Gasteiger partial charge is 0.370 e. The molecule has 0 bridgehead atoms. The fourth-order valence-corrected chi connectivity index (χ4v) is 2.05. The molecule has 0 aliphatic carbocycles. The van der Waals surface area contributed by atoms with Crippen LogP contribution in [0.5, 0.6) is 0 Å². The largest absolute Gasteiger partial charge is 0.389 e. The maximum Gasteiger partial charge on any atom is 0.389 e. The van der Waals surface area contributed by atoms with Gasteiger partial charge in [-0.25, -0.2) is 9.97 Å². The third-order valence-electron chi connectivity index (χ3n) is 2.98. The van der Waals surface area contributed by atoms with Crippen LogP contribution in [-0.2, 0) is 0 Å². The monoisotopic (exact) mass is 304 g/mol. The quantitative estimate of drug-likeness (QED) is 0.708. The molecule has 0 radical (unpaired) electrons. The second-order valence-electron chi connectivity index (χ2n) is 5.17. The molecule has 120 valence electrons. The molecular formula is C14H23F3N4. The van der Waals surface area contributed by atoms with Gasteiger partial charge in [0, 0.05) is 25.1 Å². The first kappa shape index (κ1) is 17.5. The van der Waals surface area contributed by atoms with Gasteiger partial charge in [-0.05, 0) is 25.7 Å². The van der Waals surface area contributed by atoms with Gasteiger partial charge in [0.25, 0.3) is 0 Å². The molecule has 0 aliphatic rings. The minimum absolute atomic E-state index is 0.124. The molecule has 0 spiro atoms. The van der Waals surface area contributed by atoms with E-state index in [2.05, 4.69) is 20.6 Å². The van der Waals surface area contributed by atoms with Gasteiger partial charge >= 0.3 is 6.18 Å². The number of nitrogens with one attached hydrogen (secondary N) is 2. The van der Waals surface area contributed by atoms with Gasteiger partial charge in [-0.3, -0.25) is 0 Å². The highest BCUT2D eigenvalue weighted by molar-refractivity contribution is 5.58. The average molecular weight is 304 g/mol. The Morgan fingerprint density at radius 1 is 1.10 bits per heavy atom. The van der Waals surface area contributed by atoms with E-state index in [1.807, 2.05) is 20.8 Å². The topological polar surface area (TPSA) is 49.8 Å². The van der Waals surface area contributed by atoms with E-state index in [-0.39, 0.29) is 12.3 Å². The molecule has 1 aromatic rings. The lowest BCUT2D eigenvalue weighted by atomic mass is 10.0. The second kappa shape index (κ2) is 8.05. The zero-order valence-corrected chi connectivity index (χ0v) is 12.7. The third-order valence-corrected chi connectivity index (χ3v) is 2.98. The Morgan fingerprint density at radius 2 is 1.71 bits per heavy atom. The van der Waals surface area contributed by atoms with Crippen LogP contribution in [0.4, 0.5) is 24.8 Å². The number of halogens is 3. The first-order valence-corrected chi connectivity index (χ1v) is 7.24. The highest BCUT2D eigenvalue weighted by Gasteiger charge is 2.25. The summed E-state index contributed by atoms with van der Waals surface area (Å²) in [5.74, 6) is 1.70. The van der Waals surface area contributed by atoms with Crippen LogP contribution in [-0.4, -0.2) is 29.2 Å². The summed E-state index contributed by atoms with van der Waals surface area (Å²) >= 11 is 0. The summed E-state index contributed by atoms with van der Waals surface area (Å²) in [6, 6.07) is 0. The number of unbranched alkanes of at least 4 members (excludes halogenated alkanes) is 1. The lowest BCUT2D eigenvalue weighted by molar-refractivity contribution is -0.135. The molecule has 0 saturated heterocycles. The molecule has 0 saturated carbocycles. The van der Waals surface area contributed by atoms with Crippen molar-refractivity contribution in [1.29, 1.82) is 0 Å². The van der Waals surface area contributed by atoms with Gasteiger partial charge < -0.3 is 10.6 Å².